The van der Waals surface area contributed by atoms with Gasteiger partial charge in [-0.1, -0.05) is 18.2 Å². The summed E-state index contributed by atoms with van der Waals surface area (Å²) in [6, 6.07) is 13.1. The third-order valence-corrected chi connectivity index (χ3v) is 6.21. The summed E-state index contributed by atoms with van der Waals surface area (Å²) in [6.07, 6.45) is 1.00. The largest absolute Gasteiger partial charge is 0.379 e. The Balaban J connectivity index is 1.42. The molecule has 2 aliphatic rings. The van der Waals surface area contributed by atoms with Crippen molar-refractivity contribution in [2.24, 2.45) is 0 Å². The van der Waals surface area contributed by atoms with Crippen LogP contribution in [0.2, 0.25) is 0 Å². The van der Waals surface area contributed by atoms with Crippen LogP contribution in [0.5, 0.6) is 0 Å². The van der Waals surface area contributed by atoms with Gasteiger partial charge in [-0.3, -0.25) is 19.3 Å². The average Bonchev–Trinajstić information content (AvgIpc) is 3.19. The molecule has 1 saturated heterocycles. The number of hydrogen-bond donors (Lipinski definition) is 3. The Hall–Kier alpha value is -3.43. The SMILES string of the molecule is CC(=O)Nc1cccc(NC(=O)C(=O)NCC(c2ccc3c(c2)CCN3C)N2CCOCC2)c1. The Kier molecular flexibility index (Phi) is 7.44. The Bertz CT molecular complexity index is 1070. The molecule has 2 aromatic carbocycles. The number of nitrogens with one attached hydrogen (secondary N) is 3. The standard InChI is InChI=1S/C25H31N5O4/c1-17(31)27-20-4-3-5-21(15-20)28-25(33)24(32)26-16-23(30-10-12-34-13-11-30)18-6-7-22-19(14-18)8-9-29(22)2/h3-7,14-15,23H,8-13,16H2,1-2H3,(H,26,32)(H,27,31)(H,28,33). The lowest BCUT2D eigenvalue weighted by atomic mass is 10.0. The number of ether oxygens (including phenoxy) is 1. The summed E-state index contributed by atoms with van der Waals surface area (Å²) in [5.74, 6) is -1.67. The first kappa shape index (κ1) is 23.7. The fourth-order valence-electron chi connectivity index (χ4n) is 4.48. The molecule has 2 heterocycles. The Morgan fingerprint density at radius 2 is 1.71 bits per heavy atom. The molecule has 0 spiro atoms. The monoisotopic (exact) mass is 465 g/mol. The van der Waals surface area contributed by atoms with Crippen LogP contribution in [-0.2, 0) is 25.5 Å². The zero-order valence-electron chi connectivity index (χ0n) is 19.6. The topological polar surface area (TPSA) is 103 Å². The predicted octanol–water partition coefficient (Wildman–Crippen LogP) is 1.77. The van der Waals surface area contributed by atoms with E-state index in [0.29, 0.717) is 31.1 Å². The highest BCUT2D eigenvalue weighted by Gasteiger charge is 2.26. The minimum absolute atomic E-state index is 0.0556. The number of morpholine rings is 1. The molecule has 3 amide bonds. The van der Waals surface area contributed by atoms with Crippen LogP contribution in [0.3, 0.4) is 0 Å². The van der Waals surface area contributed by atoms with Crippen molar-refractivity contribution >= 4 is 34.8 Å². The van der Waals surface area contributed by atoms with Crippen LogP contribution in [0.4, 0.5) is 17.1 Å². The second kappa shape index (κ2) is 10.7. The van der Waals surface area contributed by atoms with Crippen molar-refractivity contribution in [3.05, 3.63) is 53.6 Å². The number of rotatable bonds is 6. The van der Waals surface area contributed by atoms with Crippen LogP contribution in [0.25, 0.3) is 0 Å². The number of benzene rings is 2. The summed E-state index contributed by atoms with van der Waals surface area (Å²) in [6.45, 7) is 5.53. The number of likely N-dealkylation sites (N-methyl/N-ethyl adjacent to an activating group) is 1. The molecule has 1 atom stereocenters. The number of anilines is 3. The molecule has 3 N–H and O–H groups in total. The normalized spacial score (nSPS) is 16.5. The van der Waals surface area contributed by atoms with E-state index >= 15 is 0 Å². The lowest BCUT2D eigenvalue weighted by Crippen LogP contribution is -2.45. The van der Waals surface area contributed by atoms with E-state index in [0.717, 1.165) is 31.6 Å². The van der Waals surface area contributed by atoms with Crippen molar-refractivity contribution in [1.29, 1.82) is 0 Å². The summed E-state index contributed by atoms with van der Waals surface area (Å²) in [5, 5.41) is 8.06. The minimum atomic E-state index is -0.753. The fourth-order valence-corrected chi connectivity index (χ4v) is 4.48. The third-order valence-electron chi connectivity index (χ3n) is 6.21. The maximum atomic E-state index is 12.6. The van der Waals surface area contributed by atoms with Crippen molar-refractivity contribution in [2.45, 2.75) is 19.4 Å². The lowest BCUT2D eigenvalue weighted by Gasteiger charge is -2.35. The van der Waals surface area contributed by atoms with Crippen LogP contribution in [0.15, 0.2) is 42.5 Å². The quantitative estimate of drug-likeness (QED) is 0.562. The van der Waals surface area contributed by atoms with Crippen LogP contribution in [0, 0.1) is 0 Å². The van der Waals surface area contributed by atoms with E-state index in [1.165, 1.54) is 18.2 Å². The van der Waals surface area contributed by atoms with Gasteiger partial charge in [0.15, 0.2) is 0 Å². The highest BCUT2D eigenvalue weighted by Crippen LogP contribution is 2.31. The molecular formula is C25H31N5O4. The Morgan fingerprint density at radius 3 is 2.44 bits per heavy atom. The Morgan fingerprint density at radius 1 is 0.971 bits per heavy atom. The van der Waals surface area contributed by atoms with Crippen molar-refractivity contribution < 1.29 is 19.1 Å². The molecule has 4 rings (SSSR count). The summed E-state index contributed by atoms with van der Waals surface area (Å²) < 4.78 is 5.51. The summed E-state index contributed by atoms with van der Waals surface area (Å²) in [7, 11) is 2.09. The van der Waals surface area contributed by atoms with Crippen LogP contribution in [-0.4, -0.2) is 69.1 Å². The first-order valence-electron chi connectivity index (χ1n) is 11.5. The number of nitrogens with zero attached hydrogens (tertiary/aromatic N) is 2. The van der Waals surface area contributed by atoms with Crippen molar-refractivity contribution in [3.63, 3.8) is 0 Å². The van der Waals surface area contributed by atoms with Crippen LogP contribution >= 0.6 is 0 Å². The fraction of sp³-hybridized carbons (Fsp3) is 0.400. The molecule has 1 unspecified atom stereocenters. The van der Waals surface area contributed by atoms with Gasteiger partial charge in [0.1, 0.15) is 0 Å². The summed E-state index contributed by atoms with van der Waals surface area (Å²) in [4.78, 5) is 40.9. The van der Waals surface area contributed by atoms with Crippen molar-refractivity contribution in [1.82, 2.24) is 10.2 Å². The van der Waals surface area contributed by atoms with Gasteiger partial charge in [0.2, 0.25) is 5.91 Å². The van der Waals surface area contributed by atoms with Gasteiger partial charge in [0, 0.05) is 57.2 Å². The predicted molar refractivity (Wildman–Crippen MR) is 131 cm³/mol. The number of amides is 3. The van der Waals surface area contributed by atoms with Gasteiger partial charge >= 0.3 is 11.8 Å². The smallest absolute Gasteiger partial charge is 0.313 e. The highest BCUT2D eigenvalue weighted by atomic mass is 16.5. The summed E-state index contributed by atoms with van der Waals surface area (Å²) >= 11 is 0. The van der Waals surface area contributed by atoms with Gasteiger partial charge in [-0.25, -0.2) is 0 Å². The van der Waals surface area contributed by atoms with Gasteiger partial charge in [-0.15, -0.1) is 0 Å². The number of fused-ring (bicyclic) bond motifs is 1. The lowest BCUT2D eigenvalue weighted by molar-refractivity contribution is -0.136. The molecule has 9 heteroatoms. The molecule has 1 fully saturated rings. The van der Waals surface area contributed by atoms with Crippen LogP contribution in [0.1, 0.15) is 24.1 Å². The second-order valence-corrected chi connectivity index (χ2v) is 8.65. The second-order valence-electron chi connectivity index (χ2n) is 8.65. The van der Waals surface area contributed by atoms with E-state index in [1.54, 1.807) is 24.3 Å². The molecule has 180 valence electrons. The number of carbonyl (C=O) groups excluding carboxylic acids is 3. The average molecular weight is 466 g/mol. The van der Waals surface area contributed by atoms with E-state index in [4.69, 9.17) is 4.74 Å². The Labute approximate surface area is 199 Å². The molecule has 9 nitrogen and oxygen atoms in total. The van der Waals surface area contributed by atoms with Gasteiger partial charge in [-0.05, 0) is 41.8 Å². The van der Waals surface area contributed by atoms with Crippen LogP contribution < -0.4 is 20.9 Å². The molecule has 0 aromatic heterocycles. The van der Waals surface area contributed by atoms with Gasteiger partial charge < -0.3 is 25.6 Å². The molecular weight excluding hydrogens is 434 g/mol. The molecule has 34 heavy (non-hydrogen) atoms. The highest BCUT2D eigenvalue weighted by molar-refractivity contribution is 6.39. The van der Waals surface area contributed by atoms with Crippen molar-refractivity contribution in [2.75, 3.05) is 62.0 Å². The van der Waals surface area contributed by atoms with E-state index in [9.17, 15) is 14.4 Å². The first-order chi connectivity index (χ1) is 16.4. The maximum absolute atomic E-state index is 12.6. The van der Waals surface area contributed by atoms with E-state index in [1.807, 2.05) is 0 Å². The first-order valence-corrected chi connectivity index (χ1v) is 11.5. The van der Waals surface area contributed by atoms with Gasteiger partial charge in [0.25, 0.3) is 0 Å². The molecule has 2 aromatic rings. The van der Waals surface area contributed by atoms with E-state index in [2.05, 4.69) is 51.0 Å². The molecule has 0 radical (unpaired) electrons. The third kappa shape index (κ3) is 5.73. The number of carbonyl (C=O) groups is 3. The molecule has 0 bridgehead atoms. The van der Waals surface area contributed by atoms with Gasteiger partial charge in [0.05, 0.1) is 19.3 Å². The van der Waals surface area contributed by atoms with E-state index < -0.39 is 11.8 Å². The van der Waals surface area contributed by atoms with E-state index in [-0.39, 0.29) is 11.9 Å². The zero-order valence-corrected chi connectivity index (χ0v) is 19.6. The molecule has 0 aliphatic carbocycles. The minimum Gasteiger partial charge on any atom is -0.379 e. The number of hydrogen-bond acceptors (Lipinski definition) is 6. The summed E-state index contributed by atoms with van der Waals surface area (Å²) in [5.41, 5.74) is 4.65. The van der Waals surface area contributed by atoms with Gasteiger partial charge in [-0.2, -0.15) is 0 Å². The zero-order chi connectivity index (χ0) is 24.1. The van der Waals surface area contributed by atoms with Crippen molar-refractivity contribution in [3.8, 4) is 0 Å². The molecule has 2 aliphatic heterocycles. The maximum Gasteiger partial charge on any atom is 0.313 e. The molecule has 0 saturated carbocycles.